The first kappa shape index (κ1) is 23.6. The maximum Gasteiger partial charge on any atom is 0.100 e. The molecular formula is C28H51F. The van der Waals surface area contributed by atoms with Gasteiger partial charge in [0.1, 0.15) is 6.17 Å². The molecule has 0 aromatic heterocycles. The summed E-state index contributed by atoms with van der Waals surface area (Å²) in [5, 5.41) is 0. The lowest BCUT2D eigenvalue weighted by Crippen LogP contribution is -2.39. The number of fused-ring (bicyclic) bond motifs is 1. The molecule has 1 heteroatoms. The highest BCUT2D eigenvalue weighted by Crippen LogP contribution is 2.57. The summed E-state index contributed by atoms with van der Waals surface area (Å²) in [5.41, 5.74) is 0. The largest absolute Gasteiger partial charge is 0.247 e. The van der Waals surface area contributed by atoms with Crippen molar-refractivity contribution in [1.82, 2.24) is 0 Å². The van der Waals surface area contributed by atoms with Gasteiger partial charge in [0.25, 0.3) is 0 Å². The van der Waals surface area contributed by atoms with Crippen molar-refractivity contribution < 1.29 is 4.39 Å². The Labute approximate surface area is 182 Å². The molecule has 0 heterocycles. The minimum absolute atomic E-state index is 0.292. The van der Waals surface area contributed by atoms with Gasteiger partial charge in [0.2, 0.25) is 0 Å². The predicted octanol–water partition coefficient (Wildman–Crippen LogP) is 8.65. The molecule has 0 aromatic rings. The van der Waals surface area contributed by atoms with E-state index in [0.717, 1.165) is 59.7 Å². The van der Waals surface area contributed by atoms with Gasteiger partial charge in [-0.1, -0.05) is 48.5 Å². The second-order valence-electron chi connectivity index (χ2n) is 12.7. The highest BCUT2D eigenvalue weighted by Gasteiger charge is 2.49. The van der Waals surface area contributed by atoms with Crippen LogP contribution in [0.3, 0.4) is 0 Å². The first-order valence-corrected chi connectivity index (χ1v) is 13.2. The number of alkyl halides is 1. The topological polar surface area (TPSA) is 0 Å². The first-order valence-electron chi connectivity index (χ1n) is 13.2. The maximum atomic E-state index is 14.9. The predicted molar refractivity (Wildman–Crippen MR) is 124 cm³/mol. The van der Waals surface area contributed by atoms with Crippen molar-refractivity contribution in [1.29, 1.82) is 0 Å². The lowest BCUT2D eigenvalue weighted by Gasteiger charge is -2.46. The molecule has 0 aliphatic heterocycles. The Kier molecular flexibility index (Phi) is 7.81. The van der Waals surface area contributed by atoms with Crippen LogP contribution in [0, 0.1) is 71.0 Å². The third-order valence-corrected chi connectivity index (χ3v) is 10.2. The molecule has 170 valence electrons. The average Bonchev–Trinajstić information content (AvgIpc) is 3.24. The van der Waals surface area contributed by atoms with Crippen molar-refractivity contribution in [2.75, 3.05) is 0 Å². The third kappa shape index (κ3) is 5.06. The zero-order valence-corrected chi connectivity index (χ0v) is 20.8. The normalized spacial score (nSPS) is 43.6. The Morgan fingerprint density at radius 1 is 0.724 bits per heavy atom. The van der Waals surface area contributed by atoms with Crippen LogP contribution in [0.1, 0.15) is 100 Å². The average molecular weight is 407 g/mol. The lowest BCUT2D eigenvalue weighted by molar-refractivity contribution is 0.0223. The molecule has 0 N–H and O–H groups in total. The van der Waals surface area contributed by atoms with Gasteiger partial charge >= 0.3 is 0 Å². The van der Waals surface area contributed by atoms with E-state index in [2.05, 4.69) is 48.5 Å². The second kappa shape index (κ2) is 9.60. The zero-order chi connectivity index (χ0) is 21.5. The Bertz CT molecular complexity index is 508. The molecule has 0 radical (unpaired) electrons. The zero-order valence-electron chi connectivity index (χ0n) is 20.8. The molecule has 0 bridgehead atoms. The van der Waals surface area contributed by atoms with Gasteiger partial charge in [-0.15, -0.1) is 0 Å². The fourth-order valence-electron chi connectivity index (χ4n) is 8.36. The van der Waals surface area contributed by atoms with Gasteiger partial charge in [0, 0.05) is 0 Å². The maximum absolute atomic E-state index is 14.9. The van der Waals surface area contributed by atoms with Crippen LogP contribution in [0.25, 0.3) is 0 Å². The van der Waals surface area contributed by atoms with Gasteiger partial charge < -0.3 is 0 Å². The lowest BCUT2D eigenvalue weighted by atomic mass is 9.59. The van der Waals surface area contributed by atoms with Crippen LogP contribution in [-0.4, -0.2) is 6.17 Å². The van der Waals surface area contributed by atoms with E-state index >= 15 is 0 Å². The van der Waals surface area contributed by atoms with Crippen molar-refractivity contribution in [2.45, 2.75) is 107 Å². The number of hydrogen-bond donors (Lipinski definition) is 0. The smallest absolute Gasteiger partial charge is 0.100 e. The molecule has 3 aliphatic carbocycles. The molecule has 29 heavy (non-hydrogen) atoms. The van der Waals surface area contributed by atoms with Crippen LogP contribution in [0.5, 0.6) is 0 Å². The molecule has 0 amide bonds. The van der Waals surface area contributed by atoms with Gasteiger partial charge in [-0.3, -0.25) is 0 Å². The van der Waals surface area contributed by atoms with E-state index in [9.17, 15) is 4.39 Å². The Balaban J connectivity index is 1.73. The van der Waals surface area contributed by atoms with Crippen molar-refractivity contribution in [3.63, 3.8) is 0 Å². The summed E-state index contributed by atoms with van der Waals surface area (Å²) in [7, 11) is 0. The van der Waals surface area contributed by atoms with Crippen molar-refractivity contribution in [2.24, 2.45) is 71.0 Å². The van der Waals surface area contributed by atoms with Gasteiger partial charge in [-0.25, -0.2) is 4.39 Å². The summed E-state index contributed by atoms with van der Waals surface area (Å²) in [6.45, 7) is 19.0. The molecular weight excluding hydrogens is 355 g/mol. The van der Waals surface area contributed by atoms with Crippen LogP contribution in [0.4, 0.5) is 4.39 Å². The van der Waals surface area contributed by atoms with Crippen LogP contribution < -0.4 is 0 Å². The van der Waals surface area contributed by atoms with E-state index in [-0.39, 0.29) is 0 Å². The molecule has 0 aromatic carbocycles. The van der Waals surface area contributed by atoms with E-state index in [0.29, 0.717) is 17.8 Å². The summed E-state index contributed by atoms with van der Waals surface area (Å²) in [5.74, 6) is 9.29. The number of rotatable bonds is 7. The highest BCUT2D eigenvalue weighted by atomic mass is 19.1. The molecule has 3 rings (SSSR count). The summed E-state index contributed by atoms with van der Waals surface area (Å²) < 4.78 is 14.9. The summed E-state index contributed by atoms with van der Waals surface area (Å²) in [4.78, 5) is 0. The number of halogens is 1. The summed E-state index contributed by atoms with van der Waals surface area (Å²) in [6, 6.07) is 0. The SMILES string of the molecule is CC(C)C1CCC(C(CC(C)C2CC(C(C)C)CC3C(C)CC(C)C32)C(C)F)C1. The van der Waals surface area contributed by atoms with Crippen molar-refractivity contribution in [3.05, 3.63) is 0 Å². The Morgan fingerprint density at radius 3 is 1.90 bits per heavy atom. The fourth-order valence-corrected chi connectivity index (χ4v) is 8.36. The van der Waals surface area contributed by atoms with Crippen molar-refractivity contribution >= 4 is 0 Å². The monoisotopic (exact) mass is 406 g/mol. The number of hydrogen-bond acceptors (Lipinski definition) is 0. The molecule has 3 aliphatic rings. The molecule has 0 spiro atoms. The minimum Gasteiger partial charge on any atom is -0.247 e. The van der Waals surface area contributed by atoms with Crippen LogP contribution in [-0.2, 0) is 0 Å². The van der Waals surface area contributed by atoms with Gasteiger partial charge in [-0.05, 0) is 123 Å². The molecule has 3 fully saturated rings. The summed E-state index contributed by atoms with van der Waals surface area (Å²) in [6.07, 6.45) is 8.65. The quantitative estimate of drug-likeness (QED) is 0.397. The second-order valence-corrected chi connectivity index (χ2v) is 12.7. The Morgan fingerprint density at radius 2 is 1.34 bits per heavy atom. The van der Waals surface area contributed by atoms with Crippen molar-refractivity contribution in [3.8, 4) is 0 Å². The molecule has 11 unspecified atom stereocenters. The Hall–Kier alpha value is -0.0700. The van der Waals surface area contributed by atoms with Gasteiger partial charge in [0.15, 0.2) is 0 Å². The molecule has 0 saturated heterocycles. The van der Waals surface area contributed by atoms with Crippen LogP contribution >= 0.6 is 0 Å². The molecule has 11 atom stereocenters. The highest BCUT2D eigenvalue weighted by molar-refractivity contribution is 4.98. The molecule has 3 saturated carbocycles. The van der Waals surface area contributed by atoms with E-state index in [1.165, 1.54) is 38.5 Å². The van der Waals surface area contributed by atoms with E-state index < -0.39 is 6.17 Å². The van der Waals surface area contributed by atoms with E-state index in [1.54, 1.807) is 0 Å². The van der Waals surface area contributed by atoms with Crippen LogP contribution in [0.2, 0.25) is 0 Å². The van der Waals surface area contributed by atoms with E-state index in [1.807, 2.05) is 6.92 Å². The van der Waals surface area contributed by atoms with E-state index in [4.69, 9.17) is 0 Å². The third-order valence-electron chi connectivity index (χ3n) is 10.2. The fraction of sp³-hybridized carbons (Fsp3) is 1.00. The van der Waals surface area contributed by atoms with Crippen LogP contribution in [0.15, 0.2) is 0 Å². The minimum atomic E-state index is -0.645. The first-order chi connectivity index (χ1) is 13.6. The molecule has 0 nitrogen and oxygen atoms in total. The summed E-state index contributed by atoms with van der Waals surface area (Å²) >= 11 is 0. The van der Waals surface area contributed by atoms with Gasteiger partial charge in [-0.2, -0.15) is 0 Å². The van der Waals surface area contributed by atoms with Gasteiger partial charge in [0.05, 0.1) is 0 Å². The standard InChI is InChI=1S/C28H51F/c1-16(2)22-9-10-23(13-22)27(21(8)29)12-19(6)26-15-24(17(3)4)14-25-18(5)11-20(7)28(25)26/h16-28H,9-15H2,1-8H3.